The number of ether oxygens (including phenoxy) is 1. The number of piperazine rings is 1. The monoisotopic (exact) mass is 342 g/mol. The quantitative estimate of drug-likeness (QED) is 0.746. The van der Waals surface area contributed by atoms with Crippen LogP contribution in [0.15, 0.2) is 30.5 Å². The lowest BCUT2D eigenvalue weighted by molar-refractivity contribution is -0.118. The van der Waals surface area contributed by atoms with Gasteiger partial charge in [0.05, 0.1) is 13.3 Å². The predicted molar refractivity (Wildman–Crippen MR) is 94.9 cm³/mol. The van der Waals surface area contributed by atoms with E-state index in [0.717, 1.165) is 37.5 Å². The van der Waals surface area contributed by atoms with Gasteiger partial charge in [-0.05, 0) is 24.1 Å². The lowest BCUT2D eigenvalue weighted by Gasteiger charge is -2.33. The van der Waals surface area contributed by atoms with Crippen LogP contribution in [0, 0.1) is 0 Å². The van der Waals surface area contributed by atoms with Crippen LogP contribution in [0.25, 0.3) is 0 Å². The van der Waals surface area contributed by atoms with E-state index in [1.807, 2.05) is 18.2 Å². The minimum Gasteiger partial charge on any atom is -0.497 e. The minimum atomic E-state index is 0.512. The van der Waals surface area contributed by atoms with Crippen LogP contribution in [-0.2, 0) is 11.2 Å². The van der Waals surface area contributed by atoms with Gasteiger partial charge < -0.3 is 19.9 Å². The normalized spacial score (nSPS) is 14.3. The largest absolute Gasteiger partial charge is 0.497 e. The molecular formula is C17H22N6O2. The second-order valence-corrected chi connectivity index (χ2v) is 5.79. The first-order chi connectivity index (χ1) is 12.3. The van der Waals surface area contributed by atoms with Crippen LogP contribution in [0.2, 0.25) is 0 Å². The highest BCUT2D eigenvalue weighted by Gasteiger charge is 2.17. The zero-order valence-corrected chi connectivity index (χ0v) is 14.3. The van der Waals surface area contributed by atoms with Crippen LogP contribution in [0.3, 0.4) is 0 Å². The number of methoxy groups -OCH3 is 1. The lowest BCUT2D eigenvalue weighted by atomic mass is 10.1. The van der Waals surface area contributed by atoms with Crippen molar-refractivity contribution < 1.29 is 9.53 Å². The molecule has 2 heterocycles. The number of amides is 1. The van der Waals surface area contributed by atoms with Gasteiger partial charge in [0, 0.05) is 32.7 Å². The molecule has 1 aromatic carbocycles. The summed E-state index contributed by atoms with van der Waals surface area (Å²) in [5.41, 5.74) is 1.18. The molecule has 0 radical (unpaired) electrons. The highest BCUT2D eigenvalue weighted by atomic mass is 16.5. The molecule has 1 aromatic heterocycles. The topological polar surface area (TPSA) is 83.5 Å². The van der Waals surface area contributed by atoms with Crippen LogP contribution in [-0.4, -0.2) is 66.3 Å². The Morgan fingerprint density at radius 2 is 2.12 bits per heavy atom. The fourth-order valence-corrected chi connectivity index (χ4v) is 2.73. The van der Waals surface area contributed by atoms with Crippen LogP contribution in [0.4, 0.5) is 11.8 Å². The fourth-order valence-electron chi connectivity index (χ4n) is 2.73. The molecule has 2 aromatic rings. The van der Waals surface area contributed by atoms with Gasteiger partial charge in [-0.2, -0.15) is 10.1 Å². The number of anilines is 2. The zero-order chi connectivity index (χ0) is 17.5. The first-order valence-electron chi connectivity index (χ1n) is 8.29. The number of hydrogen-bond donors (Lipinski definition) is 1. The summed E-state index contributed by atoms with van der Waals surface area (Å²) in [6.07, 6.45) is 3.38. The van der Waals surface area contributed by atoms with Crippen molar-refractivity contribution in [2.24, 2.45) is 0 Å². The maximum Gasteiger partial charge on any atom is 0.244 e. The highest BCUT2D eigenvalue weighted by Crippen LogP contribution is 2.14. The molecule has 0 saturated carbocycles. The number of hydrogen-bond acceptors (Lipinski definition) is 7. The maximum absolute atomic E-state index is 10.8. The first kappa shape index (κ1) is 16.9. The van der Waals surface area contributed by atoms with Gasteiger partial charge in [0.15, 0.2) is 5.82 Å². The summed E-state index contributed by atoms with van der Waals surface area (Å²) in [7, 11) is 1.66. The highest BCUT2D eigenvalue weighted by molar-refractivity contribution is 5.49. The van der Waals surface area contributed by atoms with Gasteiger partial charge in [-0.25, -0.2) is 0 Å². The molecule has 1 saturated heterocycles. The van der Waals surface area contributed by atoms with E-state index in [0.29, 0.717) is 25.6 Å². The van der Waals surface area contributed by atoms with Crippen molar-refractivity contribution in [3.63, 3.8) is 0 Å². The van der Waals surface area contributed by atoms with Crippen LogP contribution < -0.4 is 15.0 Å². The summed E-state index contributed by atoms with van der Waals surface area (Å²) >= 11 is 0. The van der Waals surface area contributed by atoms with Crippen molar-refractivity contribution in [1.29, 1.82) is 0 Å². The van der Waals surface area contributed by atoms with E-state index in [1.165, 1.54) is 5.56 Å². The summed E-state index contributed by atoms with van der Waals surface area (Å²) in [6, 6.07) is 7.99. The van der Waals surface area contributed by atoms with Crippen molar-refractivity contribution in [2.45, 2.75) is 6.42 Å². The molecule has 0 bridgehead atoms. The summed E-state index contributed by atoms with van der Waals surface area (Å²) in [5, 5.41) is 11.3. The Kier molecular flexibility index (Phi) is 5.61. The zero-order valence-electron chi connectivity index (χ0n) is 14.3. The summed E-state index contributed by atoms with van der Waals surface area (Å²) in [6.45, 7) is 3.61. The third-order valence-corrected chi connectivity index (χ3v) is 4.16. The average molecular weight is 342 g/mol. The molecule has 8 nitrogen and oxygen atoms in total. The van der Waals surface area contributed by atoms with Crippen molar-refractivity contribution in [1.82, 2.24) is 20.1 Å². The summed E-state index contributed by atoms with van der Waals surface area (Å²) < 4.78 is 5.23. The molecule has 1 fully saturated rings. The van der Waals surface area contributed by atoms with Crippen LogP contribution in [0.1, 0.15) is 5.56 Å². The number of carbonyl (C=O) groups is 1. The van der Waals surface area contributed by atoms with E-state index in [2.05, 4.69) is 31.5 Å². The van der Waals surface area contributed by atoms with Crippen molar-refractivity contribution in [3.8, 4) is 5.75 Å². The third kappa shape index (κ3) is 4.56. The van der Waals surface area contributed by atoms with Gasteiger partial charge in [-0.3, -0.25) is 4.79 Å². The SMILES string of the molecule is COc1cccc(CCNc2nncc(N3CCN(C=O)CC3)n2)c1. The number of aromatic nitrogens is 3. The molecular weight excluding hydrogens is 320 g/mol. The smallest absolute Gasteiger partial charge is 0.244 e. The Bertz CT molecular complexity index is 703. The van der Waals surface area contributed by atoms with Crippen LogP contribution >= 0.6 is 0 Å². The molecule has 1 aliphatic heterocycles. The Balaban J connectivity index is 1.54. The number of nitrogens with one attached hydrogen (secondary N) is 1. The minimum absolute atomic E-state index is 0.512. The molecule has 1 amide bonds. The first-order valence-corrected chi connectivity index (χ1v) is 8.29. The number of nitrogens with zero attached hydrogens (tertiary/aromatic N) is 5. The summed E-state index contributed by atoms with van der Waals surface area (Å²) in [5.74, 6) is 2.15. The molecule has 0 aliphatic carbocycles. The van der Waals surface area contributed by atoms with E-state index in [-0.39, 0.29) is 0 Å². The van der Waals surface area contributed by atoms with Crippen molar-refractivity contribution in [3.05, 3.63) is 36.0 Å². The van der Waals surface area contributed by atoms with E-state index >= 15 is 0 Å². The second kappa shape index (κ2) is 8.27. The van der Waals surface area contributed by atoms with Crippen molar-refractivity contribution in [2.75, 3.05) is 50.1 Å². The third-order valence-electron chi connectivity index (χ3n) is 4.16. The molecule has 8 heteroatoms. The Labute approximate surface area is 146 Å². The molecule has 132 valence electrons. The molecule has 0 unspecified atom stereocenters. The average Bonchev–Trinajstić information content (AvgIpc) is 2.68. The molecule has 25 heavy (non-hydrogen) atoms. The van der Waals surface area contributed by atoms with Gasteiger partial charge in [0.1, 0.15) is 5.75 Å². The van der Waals surface area contributed by atoms with Crippen molar-refractivity contribution >= 4 is 18.2 Å². The van der Waals surface area contributed by atoms with E-state index in [4.69, 9.17) is 4.74 Å². The predicted octanol–water partition coefficient (Wildman–Crippen LogP) is 0.813. The standard InChI is InChI=1S/C17H22N6O2/c1-25-15-4-2-3-14(11-15)5-6-18-17-20-16(12-19-21-17)23-9-7-22(13-24)8-10-23/h2-4,11-13H,5-10H2,1H3,(H,18,20,21). The second-order valence-electron chi connectivity index (χ2n) is 5.79. The van der Waals surface area contributed by atoms with Crippen LogP contribution in [0.5, 0.6) is 5.75 Å². The van der Waals surface area contributed by atoms with E-state index in [9.17, 15) is 4.79 Å². The molecule has 0 spiro atoms. The Morgan fingerprint density at radius 3 is 2.88 bits per heavy atom. The molecule has 3 rings (SSSR count). The molecule has 0 atom stereocenters. The fraction of sp³-hybridized carbons (Fsp3) is 0.412. The summed E-state index contributed by atoms with van der Waals surface area (Å²) in [4.78, 5) is 19.2. The van der Waals surface area contributed by atoms with Gasteiger partial charge in [0.25, 0.3) is 0 Å². The maximum atomic E-state index is 10.8. The number of benzene rings is 1. The van der Waals surface area contributed by atoms with Gasteiger partial charge in [-0.1, -0.05) is 12.1 Å². The van der Waals surface area contributed by atoms with E-state index in [1.54, 1.807) is 18.2 Å². The number of carbonyl (C=O) groups excluding carboxylic acids is 1. The molecule has 1 aliphatic rings. The van der Waals surface area contributed by atoms with E-state index < -0.39 is 0 Å². The van der Waals surface area contributed by atoms with Gasteiger partial charge in [-0.15, -0.1) is 5.10 Å². The Morgan fingerprint density at radius 1 is 1.28 bits per heavy atom. The lowest BCUT2D eigenvalue weighted by Crippen LogP contribution is -2.46. The Hall–Kier alpha value is -2.90. The van der Waals surface area contributed by atoms with Gasteiger partial charge >= 0.3 is 0 Å². The van der Waals surface area contributed by atoms with Gasteiger partial charge in [0.2, 0.25) is 12.4 Å². The number of rotatable bonds is 7. The molecule has 1 N–H and O–H groups in total.